The topological polar surface area (TPSA) is 122 Å². The molecule has 0 fully saturated rings. The first-order chi connectivity index (χ1) is 8.50. The molecule has 1 aromatic heterocycles. The molecule has 0 saturated heterocycles. The van der Waals surface area contributed by atoms with E-state index in [9.17, 15) is 16.8 Å². The highest BCUT2D eigenvalue weighted by atomic mass is 79.9. The molecule has 0 bridgehead atoms. The highest BCUT2D eigenvalue weighted by molar-refractivity contribution is 9.09. The van der Waals surface area contributed by atoms with Gasteiger partial charge in [0.15, 0.2) is 0 Å². The van der Waals surface area contributed by atoms with Crippen LogP contribution in [-0.2, 0) is 26.7 Å². The van der Waals surface area contributed by atoms with E-state index in [4.69, 9.17) is 9.11 Å². The Hall–Kier alpha value is -0.0700. The highest BCUT2D eigenvalue weighted by Gasteiger charge is 2.29. The quantitative estimate of drug-likeness (QED) is 0.584. The van der Waals surface area contributed by atoms with Gasteiger partial charge in [0.25, 0.3) is 20.2 Å². The van der Waals surface area contributed by atoms with E-state index in [0.717, 1.165) is 11.8 Å². The van der Waals surface area contributed by atoms with Crippen LogP contribution in [0.15, 0.2) is 5.51 Å². The first kappa shape index (κ1) is 18.9. The lowest BCUT2D eigenvalue weighted by Crippen LogP contribution is -2.25. The number of aryl methyl sites for hydroxylation is 2. The van der Waals surface area contributed by atoms with Crippen LogP contribution in [0.25, 0.3) is 0 Å². The summed E-state index contributed by atoms with van der Waals surface area (Å²) in [5, 5.41) is 1.04. The third-order valence-electron chi connectivity index (χ3n) is 2.01. The number of nitrogens with zero attached hydrogens (tertiary/aromatic N) is 1. The molecule has 0 aliphatic heterocycles. The summed E-state index contributed by atoms with van der Waals surface area (Å²) in [6, 6.07) is 0. The number of hydrogen-bond acceptors (Lipinski definition) is 6. The van der Waals surface area contributed by atoms with Gasteiger partial charge in [0, 0.05) is 10.2 Å². The Kier molecular flexibility index (Phi) is 7.62. The average Bonchev–Trinajstić information content (AvgIpc) is 2.62. The van der Waals surface area contributed by atoms with Crippen LogP contribution in [0.5, 0.6) is 0 Å². The number of alkyl halides is 1. The summed E-state index contributed by atoms with van der Waals surface area (Å²) in [5.74, 6) is 0. The van der Waals surface area contributed by atoms with Crippen LogP contribution < -0.4 is 0 Å². The summed E-state index contributed by atoms with van der Waals surface area (Å²) < 4.78 is 53.9. The molecule has 0 aromatic carbocycles. The molecule has 2 N–H and O–H groups in total. The van der Waals surface area contributed by atoms with Gasteiger partial charge >= 0.3 is 0 Å². The van der Waals surface area contributed by atoms with Crippen LogP contribution in [0.3, 0.4) is 0 Å². The van der Waals surface area contributed by atoms with Crippen molar-refractivity contribution < 1.29 is 25.9 Å². The molecule has 0 unspecified atom stereocenters. The minimum absolute atomic E-state index is 0.657. The zero-order chi connectivity index (χ0) is 15.3. The number of rotatable bonds is 4. The summed E-state index contributed by atoms with van der Waals surface area (Å²) in [7, 11) is -9.40. The van der Waals surface area contributed by atoms with Crippen molar-refractivity contribution in [2.75, 3.05) is 5.33 Å². The van der Waals surface area contributed by atoms with Gasteiger partial charge in [-0.05, 0) is 20.3 Å². The van der Waals surface area contributed by atoms with E-state index < -0.39 is 24.8 Å². The molecule has 19 heavy (non-hydrogen) atoms. The fourth-order valence-electron chi connectivity index (χ4n) is 0.806. The fourth-order valence-corrected chi connectivity index (χ4v) is 3.48. The number of thiazole rings is 1. The maximum Gasteiger partial charge on any atom is 0.284 e. The minimum Gasteiger partial charge on any atom is -0.284 e. The largest absolute Gasteiger partial charge is 0.284 e. The van der Waals surface area contributed by atoms with Gasteiger partial charge in [-0.2, -0.15) is 16.8 Å². The SMILES string of the molecule is CC(S(=O)(=O)O)S(=O)(=O)O.Cc1ncsc1CCBr. The molecular formula is C8H14BrNO6S3. The third kappa shape index (κ3) is 7.32. The van der Waals surface area contributed by atoms with Gasteiger partial charge in [-0.25, -0.2) is 4.98 Å². The fraction of sp³-hybridized carbons (Fsp3) is 0.625. The van der Waals surface area contributed by atoms with Gasteiger partial charge in [-0.15, -0.1) is 11.3 Å². The van der Waals surface area contributed by atoms with Crippen LogP contribution in [0.2, 0.25) is 0 Å². The second-order valence-electron chi connectivity index (χ2n) is 3.40. The van der Waals surface area contributed by atoms with Crippen LogP contribution in [0.1, 0.15) is 17.5 Å². The molecule has 1 heterocycles. The molecule has 1 aromatic rings. The molecule has 112 valence electrons. The lowest BCUT2D eigenvalue weighted by atomic mass is 10.3. The Labute approximate surface area is 124 Å². The number of halogens is 1. The van der Waals surface area contributed by atoms with E-state index in [-0.39, 0.29) is 0 Å². The molecule has 0 radical (unpaired) electrons. The van der Waals surface area contributed by atoms with Crippen LogP contribution in [0.4, 0.5) is 0 Å². The van der Waals surface area contributed by atoms with Crippen molar-refractivity contribution in [3.63, 3.8) is 0 Å². The second kappa shape index (κ2) is 7.64. The van der Waals surface area contributed by atoms with Crippen LogP contribution >= 0.6 is 27.3 Å². The summed E-state index contributed by atoms with van der Waals surface area (Å²) in [6.07, 6.45) is 1.11. The average molecular weight is 396 g/mol. The lowest BCUT2D eigenvalue weighted by Gasteiger charge is -2.01. The van der Waals surface area contributed by atoms with E-state index in [2.05, 4.69) is 27.8 Å². The lowest BCUT2D eigenvalue weighted by molar-refractivity contribution is 0.458. The van der Waals surface area contributed by atoms with Gasteiger partial charge in [0.1, 0.15) is 0 Å². The monoisotopic (exact) mass is 395 g/mol. The predicted octanol–water partition coefficient (Wildman–Crippen LogP) is 1.50. The van der Waals surface area contributed by atoms with Crippen molar-refractivity contribution in [1.29, 1.82) is 0 Å². The molecule has 1 rings (SSSR count). The molecule has 0 aliphatic carbocycles. The standard InChI is InChI=1S/C6H8BrNS.C2H6O6S2/c1-5-6(2-3-7)9-4-8-5;1-2(9(3,4)5)10(6,7)8/h4H,2-3H2,1H3;2H,1H3,(H,3,4,5)(H,6,7,8). The molecule has 0 amide bonds. The Balaban J connectivity index is 0.000000342. The minimum atomic E-state index is -4.70. The zero-order valence-corrected chi connectivity index (χ0v) is 14.2. The molecule has 0 atom stereocenters. The van der Waals surface area contributed by atoms with Gasteiger partial charge in [-0.1, -0.05) is 15.9 Å². The molecule has 0 spiro atoms. The first-order valence-electron chi connectivity index (χ1n) is 4.87. The second-order valence-corrected chi connectivity index (χ2v) is 8.90. The first-order valence-corrected chi connectivity index (χ1v) is 9.88. The van der Waals surface area contributed by atoms with E-state index in [1.165, 1.54) is 10.6 Å². The maximum atomic E-state index is 9.99. The Morgan fingerprint density at radius 1 is 1.32 bits per heavy atom. The van der Waals surface area contributed by atoms with Crippen molar-refractivity contribution in [3.8, 4) is 0 Å². The summed E-state index contributed by atoms with van der Waals surface area (Å²) in [5.41, 5.74) is 3.08. The highest BCUT2D eigenvalue weighted by Crippen LogP contribution is 2.13. The van der Waals surface area contributed by atoms with E-state index in [1.807, 2.05) is 5.51 Å². The van der Waals surface area contributed by atoms with Gasteiger partial charge < -0.3 is 0 Å². The van der Waals surface area contributed by atoms with E-state index >= 15 is 0 Å². The van der Waals surface area contributed by atoms with Crippen LogP contribution in [-0.4, -0.2) is 40.8 Å². The molecule has 11 heteroatoms. The number of hydrogen-bond donors (Lipinski definition) is 2. The van der Waals surface area contributed by atoms with Crippen molar-refractivity contribution in [3.05, 3.63) is 16.1 Å². The predicted molar refractivity (Wildman–Crippen MR) is 76.9 cm³/mol. The van der Waals surface area contributed by atoms with Crippen molar-refractivity contribution >= 4 is 47.5 Å². The Morgan fingerprint density at radius 3 is 2.00 bits per heavy atom. The third-order valence-corrected chi connectivity index (χ3v) is 6.53. The summed E-state index contributed by atoms with van der Waals surface area (Å²) >= 11 is 5.12. The van der Waals surface area contributed by atoms with Crippen LogP contribution in [0, 0.1) is 6.92 Å². The zero-order valence-electron chi connectivity index (χ0n) is 10.1. The molecule has 0 aliphatic rings. The van der Waals surface area contributed by atoms with Gasteiger partial charge in [0.05, 0.1) is 11.2 Å². The number of aromatic nitrogens is 1. The normalized spacial score (nSPS) is 12.1. The maximum absolute atomic E-state index is 9.99. The van der Waals surface area contributed by atoms with Gasteiger partial charge in [0.2, 0.25) is 4.58 Å². The van der Waals surface area contributed by atoms with Crippen molar-refractivity contribution in [2.45, 2.75) is 24.9 Å². The van der Waals surface area contributed by atoms with Gasteiger partial charge in [-0.3, -0.25) is 9.11 Å². The summed E-state index contributed by atoms with van der Waals surface area (Å²) in [4.78, 5) is 5.53. The smallest absolute Gasteiger partial charge is 0.284 e. The molecular weight excluding hydrogens is 382 g/mol. The van der Waals surface area contributed by atoms with Crippen molar-refractivity contribution in [1.82, 2.24) is 4.98 Å². The Morgan fingerprint density at radius 2 is 1.79 bits per heavy atom. The molecule has 0 saturated carbocycles. The Bertz CT molecular complexity index is 562. The van der Waals surface area contributed by atoms with Crippen molar-refractivity contribution in [2.24, 2.45) is 0 Å². The molecule has 7 nitrogen and oxygen atoms in total. The van der Waals surface area contributed by atoms with E-state index in [1.54, 1.807) is 11.3 Å². The van der Waals surface area contributed by atoms with E-state index in [0.29, 0.717) is 6.92 Å². The summed E-state index contributed by atoms with van der Waals surface area (Å²) in [6.45, 7) is 2.71.